The summed E-state index contributed by atoms with van der Waals surface area (Å²) in [6, 6.07) is 3.89. The van der Waals surface area contributed by atoms with Gasteiger partial charge in [0.1, 0.15) is 11.6 Å². The van der Waals surface area contributed by atoms with Gasteiger partial charge in [0.05, 0.1) is 11.3 Å². The summed E-state index contributed by atoms with van der Waals surface area (Å²) < 4.78 is 32.2. The first-order valence-corrected chi connectivity index (χ1v) is 6.52. The molecule has 1 saturated heterocycles. The highest BCUT2D eigenvalue weighted by Gasteiger charge is 2.42. The summed E-state index contributed by atoms with van der Waals surface area (Å²) in [6.45, 7) is 0.723. The Hall–Kier alpha value is -1.16. The third kappa shape index (κ3) is 2.21. The number of benzene rings is 1. The van der Waals surface area contributed by atoms with Gasteiger partial charge in [0.2, 0.25) is 0 Å². The Morgan fingerprint density at radius 2 is 2.11 bits per heavy atom. The van der Waals surface area contributed by atoms with Crippen LogP contribution in [-0.4, -0.2) is 18.2 Å². The molecule has 1 saturated carbocycles. The van der Waals surface area contributed by atoms with Gasteiger partial charge < -0.3 is 10.1 Å². The molecule has 0 bridgehead atoms. The van der Waals surface area contributed by atoms with Crippen LogP contribution < -0.4 is 5.32 Å². The molecule has 98 valence electrons. The first kappa shape index (κ1) is 11.9. The molecule has 4 heteroatoms. The van der Waals surface area contributed by atoms with E-state index in [1.807, 2.05) is 0 Å². The van der Waals surface area contributed by atoms with E-state index in [9.17, 15) is 8.78 Å². The maximum atomic E-state index is 13.6. The van der Waals surface area contributed by atoms with Crippen LogP contribution in [0.5, 0.6) is 0 Å². The molecular weight excluding hydrogens is 236 g/mol. The van der Waals surface area contributed by atoms with Crippen LogP contribution in [0.15, 0.2) is 18.2 Å². The van der Waals surface area contributed by atoms with Crippen LogP contribution in [0.1, 0.15) is 32.1 Å². The Labute approximate surface area is 105 Å². The minimum absolute atomic E-state index is 0.0342. The normalized spacial score (nSPS) is 25.8. The molecule has 1 unspecified atom stereocenters. The van der Waals surface area contributed by atoms with Crippen molar-refractivity contribution in [1.82, 2.24) is 0 Å². The summed E-state index contributed by atoms with van der Waals surface area (Å²) in [4.78, 5) is 0. The third-order valence-electron chi connectivity index (χ3n) is 4.05. The molecule has 1 heterocycles. The second-order valence-corrected chi connectivity index (χ2v) is 5.34. The quantitative estimate of drug-likeness (QED) is 0.871. The van der Waals surface area contributed by atoms with Crippen molar-refractivity contribution in [3.8, 4) is 0 Å². The smallest absolute Gasteiger partial charge is 0.149 e. The molecule has 1 N–H and O–H groups in total. The van der Waals surface area contributed by atoms with Crippen LogP contribution in [0.2, 0.25) is 0 Å². The van der Waals surface area contributed by atoms with E-state index in [1.165, 1.54) is 18.6 Å². The van der Waals surface area contributed by atoms with Gasteiger partial charge in [0, 0.05) is 18.7 Å². The first-order chi connectivity index (χ1) is 8.67. The number of hydrogen-bond acceptors (Lipinski definition) is 2. The Morgan fingerprint density at radius 3 is 2.78 bits per heavy atom. The average Bonchev–Trinajstić information content (AvgIpc) is 2.31. The minimum atomic E-state index is -0.541. The molecule has 0 aromatic heterocycles. The van der Waals surface area contributed by atoms with E-state index >= 15 is 0 Å². The fourth-order valence-corrected chi connectivity index (χ4v) is 2.90. The topological polar surface area (TPSA) is 21.3 Å². The van der Waals surface area contributed by atoms with Crippen molar-refractivity contribution >= 4 is 5.69 Å². The lowest BCUT2D eigenvalue weighted by atomic mass is 9.74. The zero-order chi connectivity index (χ0) is 12.6. The number of anilines is 1. The molecule has 1 spiro atoms. The van der Waals surface area contributed by atoms with Crippen molar-refractivity contribution in [1.29, 1.82) is 0 Å². The SMILES string of the molecule is Fc1ccc(NC2CCOC3(CCC3)C2)c(F)c1. The third-order valence-corrected chi connectivity index (χ3v) is 4.05. The molecular formula is C14H17F2NO. The molecule has 0 amide bonds. The van der Waals surface area contributed by atoms with Crippen LogP contribution in [-0.2, 0) is 4.74 Å². The number of hydrogen-bond donors (Lipinski definition) is 1. The van der Waals surface area contributed by atoms with E-state index in [0.29, 0.717) is 5.69 Å². The Bertz CT molecular complexity index is 445. The number of nitrogens with one attached hydrogen (secondary N) is 1. The highest BCUT2D eigenvalue weighted by Crippen LogP contribution is 2.42. The molecule has 1 aliphatic heterocycles. The minimum Gasteiger partial charge on any atom is -0.380 e. The summed E-state index contributed by atoms with van der Waals surface area (Å²) in [7, 11) is 0. The molecule has 0 radical (unpaired) electrons. The fourth-order valence-electron chi connectivity index (χ4n) is 2.90. The van der Waals surface area contributed by atoms with Crippen LogP contribution in [0.4, 0.5) is 14.5 Å². The van der Waals surface area contributed by atoms with Crippen molar-refractivity contribution in [3.63, 3.8) is 0 Å². The monoisotopic (exact) mass is 253 g/mol. The number of halogens is 2. The lowest BCUT2D eigenvalue weighted by Crippen LogP contribution is -2.49. The highest BCUT2D eigenvalue weighted by molar-refractivity contribution is 5.45. The van der Waals surface area contributed by atoms with E-state index in [0.717, 1.165) is 38.4 Å². The Morgan fingerprint density at radius 1 is 1.28 bits per heavy atom. The van der Waals surface area contributed by atoms with Gasteiger partial charge in [-0.3, -0.25) is 0 Å². The van der Waals surface area contributed by atoms with Gasteiger partial charge in [-0.1, -0.05) is 0 Å². The van der Waals surface area contributed by atoms with E-state index in [4.69, 9.17) is 4.74 Å². The maximum absolute atomic E-state index is 13.6. The van der Waals surface area contributed by atoms with Gasteiger partial charge in [0.25, 0.3) is 0 Å². The molecule has 1 aromatic carbocycles. The van der Waals surface area contributed by atoms with E-state index in [-0.39, 0.29) is 11.6 Å². The van der Waals surface area contributed by atoms with Gasteiger partial charge in [-0.2, -0.15) is 0 Å². The summed E-state index contributed by atoms with van der Waals surface area (Å²) in [5.41, 5.74) is 0.421. The fraction of sp³-hybridized carbons (Fsp3) is 0.571. The van der Waals surface area contributed by atoms with Crippen molar-refractivity contribution in [2.45, 2.75) is 43.7 Å². The van der Waals surface area contributed by atoms with E-state index in [2.05, 4.69) is 5.32 Å². The van der Waals surface area contributed by atoms with Crippen LogP contribution in [0, 0.1) is 11.6 Å². The Balaban J connectivity index is 1.68. The maximum Gasteiger partial charge on any atom is 0.149 e. The van der Waals surface area contributed by atoms with E-state index in [1.54, 1.807) is 0 Å². The van der Waals surface area contributed by atoms with E-state index < -0.39 is 11.6 Å². The van der Waals surface area contributed by atoms with Crippen LogP contribution >= 0.6 is 0 Å². The van der Waals surface area contributed by atoms with Crippen molar-refractivity contribution in [3.05, 3.63) is 29.8 Å². The second-order valence-electron chi connectivity index (χ2n) is 5.34. The van der Waals surface area contributed by atoms with Crippen LogP contribution in [0.25, 0.3) is 0 Å². The van der Waals surface area contributed by atoms with Crippen molar-refractivity contribution in [2.75, 3.05) is 11.9 Å². The summed E-state index contributed by atoms with van der Waals surface area (Å²) in [5.74, 6) is -1.07. The second kappa shape index (κ2) is 4.50. The molecule has 2 nitrogen and oxygen atoms in total. The Kier molecular flexibility index (Phi) is 2.98. The van der Waals surface area contributed by atoms with Gasteiger partial charge in [-0.15, -0.1) is 0 Å². The highest BCUT2D eigenvalue weighted by atomic mass is 19.1. The summed E-state index contributed by atoms with van der Waals surface area (Å²) >= 11 is 0. The molecule has 18 heavy (non-hydrogen) atoms. The molecule has 2 aliphatic rings. The largest absolute Gasteiger partial charge is 0.380 e. The predicted octanol–water partition coefficient (Wildman–Crippen LogP) is 3.48. The molecule has 3 rings (SSSR count). The predicted molar refractivity (Wildman–Crippen MR) is 65.5 cm³/mol. The molecule has 2 fully saturated rings. The van der Waals surface area contributed by atoms with Gasteiger partial charge in [-0.05, 0) is 44.2 Å². The lowest BCUT2D eigenvalue weighted by Gasteiger charge is -2.47. The first-order valence-electron chi connectivity index (χ1n) is 6.52. The van der Waals surface area contributed by atoms with Gasteiger partial charge in [-0.25, -0.2) is 8.78 Å². The summed E-state index contributed by atoms with van der Waals surface area (Å²) in [6.07, 6.45) is 5.23. The van der Waals surface area contributed by atoms with Crippen molar-refractivity contribution < 1.29 is 13.5 Å². The molecule has 1 aliphatic carbocycles. The van der Waals surface area contributed by atoms with Gasteiger partial charge >= 0.3 is 0 Å². The van der Waals surface area contributed by atoms with Crippen molar-refractivity contribution in [2.24, 2.45) is 0 Å². The zero-order valence-corrected chi connectivity index (χ0v) is 10.2. The molecule has 1 atom stereocenters. The average molecular weight is 253 g/mol. The standard InChI is InChI=1S/C14H17F2NO/c15-10-2-3-13(12(16)8-10)17-11-4-7-18-14(9-11)5-1-6-14/h2-3,8,11,17H,1,4-7,9H2. The summed E-state index contributed by atoms with van der Waals surface area (Å²) in [5, 5.41) is 3.18. The van der Waals surface area contributed by atoms with Gasteiger partial charge in [0.15, 0.2) is 0 Å². The lowest BCUT2D eigenvalue weighted by molar-refractivity contribution is -0.130. The number of rotatable bonds is 2. The molecule has 1 aromatic rings. The van der Waals surface area contributed by atoms with Crippen LogP contribution in [0.3, 0.4) is 0 Å². The zero-order valence-electron chi connectivity index (χ0n) is 10.2. The number of ether oxygens (including phenoxy) is 1.